The average molecular weight is 239 g/mol. The third-order valence-corrected chi connectivity index (χ3v) is 4.34. The van der Waals surface area contributed by atoms with E-state index >= 15 is 0 Å². The molecule has 1 atom stereocenters. The predicted molar refractivity (Wildman–Crippen MR) is 77.4 cm³/mol. The van der Waals surface area contributed by atoms with Crippen molar-refractivity contribution in [3.63, 3.8) is 0 Å². The lowest BCUT2D eigenvalue weighted by Gasteiger charge is -2.24. The molecule has 0 aliphatic heterocycles. The minimum Gasteiger partial charge on any atom is -0.314 e. The predicted octanol–water partition coefficient (Wildman–Crippen LogP) is 4.91. The zero-order valence-electron chi connectivity index (χ0n) is 12.1. The monoisotopic (exact) mass is 239 g/mol. The van der Waals surface area contributed by atoms with Crippen molar-refractivity contribution < 1.29 is 0 Å². The summed E-state index contributed by atoms with van der Waals surface area (Å²) in [6.45, 7) is 5.91. The molecule has 1 heteroatoms. The van der Waals surface area contributed by atoms with E-state index in [0.717, 1.165) is 12.0 Å². The van der Waals surface area contributed by atoms with Gasteiger partial charge in [0.1, 0.15) is 0 Å². The SMILES string of the molecule is CCCCC(CC)CNC1CCCCCCC1. The van der Waals surface area contributed by atoms with E-state index in [1.165, 1.54) is 77.2 Å². The van der Waals surface area contributed by atoms with Gasteiger partial charge in [-0.3, -0.25) is 0 Å². The number of unbranched alkanes of at least 4 members (excludes halogenated alkanes) is 1. The van der Waals surface area contributed by atoms with Crippen molar-refractivity contribution in [3.05, 3.63) is 0 Å². The topological polar surface area (TPSA) is 12.0 Å². The normalized spacial score (nSPS) is 20.8. The number of nitrogens with one attached hydrogen (secondary N) is 1. The van der Waals surface area contributed by atoms with Crippen LogP contribution in [0, 0.1) is 5.92 Å². The minimum absolute atomic E-state index is 0.825. The molecule has 1 aliphatic carbocycles. The van der Waals surface area contributed by atoms with Crippen LogP contribution in [0.2, 0.25) is 0 Å². The second-order valence-electron chi connectivity index (χ2n) is 5.87. The Morgan fingerprint density at radius 1 is 1.00 bits per heavy atom. The third kappa shape index (κ3) is 7.08. The molecule has 17 heavy (non-hydrogen) atoms. The molecule has 0 bridgehead atoms. The van der Waals surface area contributed by atoms with Crippen molar-refractivity contribution in [3.8, 4) is 0 Å². The highest BCUT2D eigenvalue weighted by atomic mass is 14.9. The zero-order chi connectivity index (χ0) is 12.3. The molecule has 0 saturated heterocycles. The van der Waals surface area contributed by atoms with E-state index in [9.17, 15) is 0 Å². The molecular weight excluding hydrogens is 206 g/mol. The molecule has 1 fully saturated rings. The average Bonchev–Trinajstić information content (AvgIpc) is 2.31. The Morgan fingerprint density at radius 2 is 1.65 bits per heavy atom. The van der Waals surface area contributed by atoms with Crippen molar-refractivity contribution in [2.45, 2.75) is 90.5 Å². The van der Waals surface area contributed by atoms with Crippen LogP contribution >= 0.6 is 0 Å². The van der Waals surface area contributed by atoms with Crippen LogP contribution in [-0.4, -0.2) is 12.6 Å². The van der Waals surface area contributed by atoms with Crippen LogP contribution in [0.1, 0.15) is 84.5 Å². The fourth-order valence-electron chi connectivity index (χ4n) is 2.94. The Balaban J connectivity index is 2.16. The van der Waals surface area contributed by atoms with Crippen molar-refractivity contribution in [1.82, 2.24) is 5.32 Å². The van der Waals surface area contributed by atoms with E-state index in [0.29, 0.717) is 0 Å². The van der Waals surface area contributed by atoms with Crippen LogP contribution in [-0.2, 0) is 0 Å². The number of rotatable bonds is 7. The fourth-order valence-corrected chi connectivity index (χ4v) is 2.94. The summed E-state index contributed by atoms with van der Waals surface area (Å²) in [6.07, 6.45) is 15.7. The third-order valence-electron chi connectivity index (χ3n) is 4.34. The quantitative estimate of drug-likeness (QED) is 0.666. The Morgan fingerprint density at radius 3 is 2.24 bits per heavy atom. The van der Waals surface area contributed by atoms with Gasteiger partial charge in [-0.15, -0.1) is 0 Å². The van der Waals surface area contributed by atoms with Gasteiger partial charge in [-0.05, 0) is 31.7 Å². The van der Waals surface area contributed by atoms with E-state index < -0.39 is 0 Å². The molecule has 1 rings (SSSR count). The summed E-state index contributed by atoms with van der Waals surface area (Å²) in [5.74, 6) is 0.917. The Hall–Kier alpha value is -0.0400. The summed E-state index contributed by atoms with van der Waals surface area (Å²) < 4.78 is 0. The van der Waals surface area contributed by atoms with Gasteiger partial charge in [0.2, 0.25) is 0 Å². The highest BCUT2D eigenvalue weighted by Crippen LogP contribution is 2.18. The summed E-state index contributed by atoms with van der Waals surface area (Å²) in [7, 11) is 0. The van der Waals surface area contributed by atoms with Crippen LogP contribution in [0.4, 0.5) is 0 Å². The molecule has 0 aromatic heterocycles. The van der Waals surface area contributed by atoms with E-state index in [4.69, 9.17) is 0 Å². The zero-order valence-corrected chi connectivity index (χ0v) is 12.1. The summed E-state index contributed by atoms with van der Waals surface area (Å²) in [5, 5.41) is 3.85. The molecule has 0 spiro atoms. The van der Waals surface area contributed by atoms with Gasteiger partial charge in [-0.25, -0.2) is 0 Å². The highest BCUT2D eigenvalue weighted by Gasteiger charge is 2.12. The van der Waals surface area contributed by atoms with Gasteiger partial charge in [0.15, 0.2) is 0 Å². The largest absolute Gasteiger partial charge is 0.314 e. The summed E-state index contributed by atoms with van der Waals surface area (Å²) in [4.78, 5) is 0. The van der Waals surface area contributed by atoms with Gasteiger partial charge in [0.25, 0.3) is 0 Å². The minimum atomic E-state index is 0.825. The standard InChI is InChI=1S/C16H33N/c1-3-5-11-15(4-2)14-17-16-12-9-7-6-8-10-13-16/h15-17H,3-14H2,1-2H3. The molecule has 1 nitrogen and oxygen atoms in total. The lowest BCUT2D eigenvalue weighted by molar-refractivity contribution is 0.343. The molecule has 0 aromatic carbocycles. The summed E-state index contributed by atoms with van der Waals surface area (Å²) in [6, 6.07) is 0.825. The molecule has 0 radical (unpaired) electrons. The summed E-state index contributed by atoms with van der Waals surface area (Å²) >= 11 is 0. The van der Waals surface area contributed by atoms with Gasteiger partial charge in [-0.1, -0.05) is 65.2 Å². The van der Waals surface area contributed by atoms with Crippen LogP contribution in [0.3, 0.4) is 0 Å². The van der Waals surface area contributed by atoms with Crippen LogP contribution in [0.5, 0.6) is 0 Å². The first-order chi connectivity index (χ1) is 8.36. The molecule has 0 aromatic rings. The molecule has 1 saturated carbocycles. The second kappa shape index (κ2) is 9.94. The van der Waals surface area contributed by atoms with Gasteiger partial charge in [0, 0.05) is 6.04 Å². The lowest BCUT2D eigenvalue weighted by Crippen LogP contribution is -2.33. The van der Waals surface area contributed by atoms with Gasteiger partial charge < -0.3 is 5.32 Å². The van der Waals surface area contributed by atoms with Crippen LogP contribution in [0.15, 0.2) is 0 Å². The number of hydrogen-bond acceptors (Lipinski definition) is 1. The Kier molecular flexibility index (Phi) is 8.78. The maximum absolute atomic E-state index is 3.85. The van der Waals surface area contributed by atoms with Crippen molar-refractivity contribution >= 4 is 0 Å². The van der Waals surface area contributed by atoms with E-state index in [1.807, 2.05) is 0 Å². The van der Waals surface area contributed by atoms with E-state index in [1.54, 1.807) is 0 Å². The van der Waals surface area contributed by atoms with Gasteiger partial charge >= 0.3 is 0 Å². The lowest BCUT2D eigenvalue weighted by atomic mass is 9.95. The van der Waals surface area contributed by atoms with E-state index in [2.05, 4.69) is 19.2 Å². The van der Waals surface area contributed by atoms with Crippen molar-refractivity contribution in [2.24, 2.45) is 5.92 Å². The van der Waals surface area contributed by atoms with Gasteiger partial charge in [-0.2, -0.15) is 0 Å². The molecular formula is C16H33N. The highest BCUT2D eigenvalue weighted by molar-refractivity contribution is 4.72. The van der Waals surface area contributed by atoms with Crippen LogP contribution < -0.4 is 5.32 Å². The Labute approximate surface area is 109 Å². The summed E-state index contributed by atoms with van der Waals surface area (Å²) in [5.41, 5.74) is 0. The number of hydrogen-bond donors (Lipinski definition) is 1. The maximum atomic E-state index is 3.85. The van der Waals surface area contributed by atoms with Gasteiger partial charge in [0.05, 0.1) is 0 Å². The molecule has 0 amide bonds. The van der Waals surface area contributed by atoms with Crippen molar-refractivity contribution in [2.75, 3.05) is 6.54 Å². The molecule has 102 valence electrons. The second-order valence-corrected chi connectivity index (χ2v) is 5.87. The fraction of sp³-hybridized carbons (Fsp3) is 1.00. The van der Waals surface area contributed by atoms with E-state index in [-0.39, 0.29) is 0 Å². The maximum Gasteiger partial charge on any atom is 0.00671 e. The molecule has 0 heterocycles. The molecule has 1 aliphatic rings. The van der Waals surface area contributed by atoms with Crippen molar-refractivity contribution in [1.29, 1.82) is 0 Å². The first kappa shape index (κ1) is 15.0. The first-order valence-corrected chi connectivity index (χ1v) is 8.10. The smallest absolute Gasteiger partial charge is 0.00671 e. The molecule has 1 N–H and O–H groups in total. The molecule has 1 unspecified atom stereocenters. The first-order valence-electron chi connectivity index (χ1n) is 8.10. The van der Waals surface area contributed by atoms with Crippen LogP contribution in [0.25, 0.3) is 0 Å². The Bertz CT molecular complexity index is 159.